The lowest BCUT2D eigenvalue weighted by molar-refractivity contribution is -0.142. The summed E-state index contributed by atoms with van der Waals surface area (Å²) in [5, 5.41) is 3.09. The molecule has 3 aromatic carbocycles. The van der Waals surface area contributed by atoms with Crippen molar-refractivity contribution >= 4 is 22.9 Å². The molecule has 0 radical (unpaired) electrons. The van der Waals surface area contributed by atoms with Crippen molar-refractivity contribution in [3.8, 4) is 11.5 Å². The molecule has 4 rings (SSSR count). The average molecular weight is 460 g/mol. The van der Waals surface area contributed by atoms with Gasteiger partial charge in [0, 0.05) is 5.56 Å². The van der Waals surface area contributed by atoms with Crippen LogP contribution in [0.5, 0.6) is 11.5 Å². The zero-order chi connectivity index (χ0) is 23.9. The number of amides is 1. The van der Waals surface area contributed by atoms with Crippen molar-refractivity contribution in [3.05, 3.63) is 89.7 Å². The van der Waals surface area contributed by atoms with Crippen molar-refractivity contribution in [2.24, 2.45) is 0 Å². The molecule has 0 unspecified atom stereocenters. The van der Waals surface area contributed by atoms with Crippen LogP contribution in [0.3, 0.4) is 0 Å². The number of imidazole rings is 1. The van der Waals surface area contributed by atoms with E-state index in [9.17, 15) is 9.59 Å². The third-order valence-electron chi connectivity index (χ3n) is 5.32. The van der Waals surface area contributed by atoms with Crippen LogP contribution in [0.1, 0.15) is 27.8 Å². The van der Waals surface area contributed by atoms with Crippen LogP contribution in [-0.2, 0) is 16.0 Å². The van der Waals surface area contributed by atoms with Gasteiger partial charge in [-0.15, -0.1) is 0 Å². The molecule has 0 aliphatic carbocycles. The summed E-state index contributed by atoms with van der Waals surface area (Å²) in [5.74, 6) is 0.531. The molecule has 0 bridgehead atoms. The fourth-order valence-electron chi connectivity index (χ4n) is 3.57. The van der Waals surface area contributed by atoms with Crippen molar-refractivity contribution in [1.29, 1.82) is 0 Å². The molecule has 8 nitrogen and oxygen atoms in total. The van der Waals surface area contributed by atoms with Crippen LogP contribution in [0, 0.1) is 0 Å². The summed E-state index contributed by atoms with van der Waals surface area (Å²) < 4.78 is 15.4. The number of benzene rings is 3. The largest absolute Gasteiger partial charge is 0.493 e. The Morgan fingerprint density at radius 1 is 0.971 bits per heavy atom. The van der Waals surface area contributed by atoms with Gasteiger partial charge in [-0.1, -0.05) is 42.5 Å². The van der Waals surface area contributed by atoms with Crippen molar-refractivity contribution in [2.45, 2.75) is 12.5 Å². The van der Waals surface area contributed by atoms with E-state index in [4.69, 9.17) is 14.5 Å². The predicted molar refractivity (Wildman–Crippen MR) is 127 cm³/mol. The Hall–Kier alpha value is -4.33. The van der Waals surface area contributed by atoms with Gasteiger partial charge in [0.2, 0.25) is 0 Å². The smallest absolute Gasteiger partial charge is 0.343 e. The summed E-state index contributed by atoms with van der Waals surface area (Å²) in [7, 11) is 2.75. The molecule has 1 heterocycles. The summed E-state index contributed by atoms with van der Waals surface area (Å²) in [6, 6.07) is 22.0. The van der Waals surface area contributed by atoms with Gasteiger partial charge in [0.1, 0.15) is 5.82 Å². The number of hydrogen-bond donors (Lipinski definition) is 2. The first-order valence-electron chi connectivity index (χ1n) is 10.7. The summed E-state index contributed by atoms with van der Waals surface area (Å²) >= 11 is 0. The minimum Gasteiger partial charge on any atom is -0.493 e. The Kier molecular flexibility index (Phi) is 7.07. The lowest BCUT2D eigenvalue weighted by Gasteiger charge is -2.18. The molecule has 0 fully saturated rings. The van der Waals surface area contributed by atoms with Crippen molar-refractivity contribution in [1.82, 2.24) is 15.3 Å². The van der Waals surface area contributed by atoms with Crippen LogP contribution in [-0.4, -0.2) is 42.7 Å². The first-order chi connectivity index (χ1) is 16.6. The molecule has 0 saturated carbocycles. The van der Waals surface area contributed by atoms with E-state index in [2.05, 4.69) is 15.0 Å². The van der Waals surface area contributed by atoms with Gasteiger partial charge in [-0.05, 0) is 42.3 Å². The van der Waals surface area contributed by atoms with Gasteiger partial charge >= 0.3 is 5.97 Å². The monoisotopic (exact) mass is 459 g/mol. The molecular formula is C26H25N3O5. The van der Waals surface area contributed by atoms with Crippen molar-refractivity contribution < 1.29 is 23.8 Å². The third kappa shape index (κ3) is 5.35. The lowest BCUT2D eigenvalue weighted by Crippen LogP contribution is -2.30. The fraction of sp³-hybridized carbons (Fsp3) is 0.192. The molecular weight excluding hydrogens is 434 g/mol. The van der Waals surface area contributed by atoms with Gasteiger partial charge in [-0.2, -0.15) is 0 Å². The molecule has 2 N–H and O–H groups in total. The van der Waals surface area contributed by atoms with Crippen LogP contribution in [0.4, 0.5) is 0 Å². The van der Waals surface area contributed by atoms with Gasteiger partial charge in [-0.25, -0.2) is 9.78 Å². The molecule has 1 amide bonds. The van der Waals surface area contributed by atoms with Crippen LogP contribution >= 0.6 is 0 Å². The number of esters is 1. The number of methoxy groups -OCH3 is 2. The molecule has 0 spiro atoms. The minimum absolute atomic E-state index is 0.260. The second-order valence-electron chi connectivity index (χ2n) is 7.59. The second-order valence-corrected chi connectivity index (χ2v) is 7.59. The highest BCUT2D eigenvalue weighted by molar-refractivity contribution is 5.95. The first-order valence-corrected chi connectivity index (χ1v) is 10.7. The Morgan fingerprint density at radius 2 is 1.74 bits per heavy atom. The van der Waals surface area contributed by atoms with E-state index in [1.54, 1.807) is 18.2 Å². The van der Waals surface area contributed by atoms with E-state index in [0.717, 1.165) is 16.6 Å². The molecule has 0 aliphatic heterocycles. The van der Waals surface area contributed by atoms with E-state index in [1.807, 2.05) is 54.6 Å². The minimum atomic E-state index is -0.515. The molecule has 0 aliphatic rings. The third-order valence-corrected chi connectivity index (χ3v) is 5.32. The second kappa shape index (κ2) is 10.5. The number of H-pyrrole nitrogens is 1. The average Bonchev–Trinajstić information content (AvgIpc) is 3.31. The highest BCUT2D eigenvalue weighted by Crippen LogP contribution is 2.29. The van der Waals surface area contributed by atoms with Gasteiger partial charge in [0.25, 0.3) is 5.91 Å². The van der Waals surface area contributed by atoms with E-state index in [0.29, 0.717) is 29.3 Å². The van der Waals surface area contributed by atoms with E-state index >= 15 is 0 Å². The highest BCUT2D eigenvalue weighted by Gasteiger charge is 2.21. The first kappa shape index (κ1) is 22.8. The van der Waals surface area contributed by atoms with Crippen molar-refractivity contribution in [2.75, 3.05) is 20.8 Å². The number of para-hydroxylation sites is 2. The number of aromatic nitrogens is 2. The molecule has 0 saturated heterocycles. The number of hydrogen-bond acceptors (Lipinski definition) is 6. The zero-order valence-corrected chi connectivity index (χ0v) is 18.9. The van der Waals surface area contributed by atoms with Crippen LogP contribution < -0.4 is 14.8 Å². The number of nitrogens with zero attached hydrogens (tertiary/aromatic N) is 1. The number of rotatable bonds is 9. The molecule has 1 aromatic heterocycles. The summed E-state index contributed by atoms with van der Waals surface area (Å²) in [6.07, 6.45) is 0.559. The number of carbonyl (C=O) groups is 2. The van der Waals surface area contributed by atoms with Crippen LogP contribution in [0.15, 0.2) is 72.8 Å². The van der Waals surface area contributed by atoms with Gasteiger partial charge in [-0.3, -0.25) is 4.79 Å². The van der Waals surface area contributed by atoms with E-state index < -0.39 is 5.97 Å². The fourth-order valence-corrected chi connectivity index (χ4v) is 3.57. The topological polar surface area (TPSA) is 103 Å². The van der Waals surface area contributed by atoms with Gasteiger partial charge in [0.15, 0.2) is 18.1 Å². The lowest BCUT2D eigenvalue weighted by atomic mass is 10.0. The Morgan fingerprint density at radius 3 is 2.47 bits per heavy atom. The summed E-state index contributed by atoms with van der Waals surface area (Å²) in [6.45, 7) is -0.260. The predicted octanol–water partition coefficient (Wildman–Crippen LogP) is 3.84. The molecule has 174 valence electrons. The van der Waals surface area contributed by atoms with Crippen molar-refractivity contribution in [3.63, 3.8) is 0 Å². The summed E-state index contributed by atoms with van der Waals surface area (Å²) in [4.78, 5) is 32.6. The van der Waals surface area contributed by atoms with Gasteiger partial charge in [0.05, 0.1) is 31.3 Å². The maximum absolute atomic E-state index is 13.2. The normalized spacial score (nSPS) is 11.6. The molecule has 8 heteroatoms. The number of carbonyl (C=O) groups excluding carboxylic acids is 2. The van der Waals surface area contributed by atoms with Gasteiger partial charge < -0.3 is 24.5 Å². The number of nitrogens with one attached hydrogen (secondary N) is 2. The Bertz CT molecular complexity index is 1250. The Balaban J connectivity index is 1.58. The van der Waals surface area contributed by atoms with Crippen LogP contribution in [0.25, 0.3) is 11.0 Å². The highest BCUT2D eigenvalue weighted by atomic mass is 16.6. The maximum Gasteiger partial charge on any atom is 0.343 e. The number of aromatic amines is 1. The molecule has 1 atom stereocenters. The van der Waals surface area contributed by atoms with E-state index in [1.165, 1.54) is 14.2 Å². The molecule has 4 aromatic rings. The summed E-state index contributed by atoms with van der Waals surface area (Å²) in [5.41, 5.74) is 3.19. The quantitative estimate of drug-likeness (QED) is 0.369. The molecule has 34 heavy (non-hydrogen) atoms. The van der Waals surface area contributed by atoms with Crippen LogP contribution in [0.2, 0.25) is 0 Å². The number of fused-ring (bicyclic) bond motifs is 1. The Labute approximate surface area is 196 Å². The maximum atomic E-state index is 13.2. The standard InChI is InChI=1S/C26H25N3O5/c1-32-23-15-18(12-13-22(23)34-16-24(30)33-2)26(31)29-21(14-17-8-4-3-5-9-17)25-27-19-10-6-7-11-20(19)28-25/h3-13,15,21H,14,16H2,1-2H3,(H,27,28)(H,29,31)/t21-/m0/s1. The number of ether oxygens (including phenoxy) is 3. The SMILES string of the molecule is COC(=O)COc1ccc(C(=O)N[C@@H](Cc2ccccc2)c2nc3ccccc3[nH]2)cc1OC. The zero-order valence-electron chi connectivity index (χ0n) is 18.9. The van der Waals surface area contributed by atoms with E-state index in [-0.39, 0.29) is 18.6 Å².